The lowest BCUT2D eigenvalue weighted by molar-refractivity contribution is -0.119. The van der Waals surface area contributed by atoms with Crippen molar-refractivity contribution in [2.45, 2.75) is 11.7 Å². The minimum atomic E-state index is -0.0953. The van der Waals surface area contributed by atoms with Crippen molar-refractivity contribution in [2.75, 3.05) is 0 Å². The van der Waals surface area contributed by atoms with Gasteiger partial charge in [0.2, 0.25) is 5.91 Å². The number of hydrogen-bond acceptors (Lipinski definition) is 3. The van der Waals surface area contributed by atoms with Gasteiger partial charge in [0, 0.05) is 0 Å². The van der Waals surface area contributed by atoms with Gasteiger partial charge in [0.25, 0.3) is 0 Å². The van der Waals surface area contributed by atoms with Gasteiger partial charge in [-0.15, -0.1) is 0 Å². The van der Waals surface area contributed by atoms with E-state index in [9.17, 15) is 4.79 Å². The lowest BCUT2D eigenvalue weighted by Gasteiger charge is -2.05. The minimum absolute atomic E-state index is 0.0121. The van der Waals surface area contributed by atoms with Crippen LogP contribution in [-0.4, -0.2) is 16.3 Å². The first-order chi connectivity index (χ1) is 7.15. The predicted octanol–water partition coefficient (Wildman–Crippen LogP) is 1.64. The molecule has 1 aromatic carbocycles. The van der Waals surface area contributed by atoms with Crippen LogP contribution in [0.5, 0.6) is 5.75 Å². The molecule has 1 atom stereocenters. The van der Waals surface area contributed by atoms with Gasteiger partial charge in [-0.2, -0.15) is 0 Å². The number of thioether (sulfide) groups is 1. The smallest absolute Gasteiger partial charge is 0.238 e. The van der Waals surface area contributed by atoms with Gasteiger partial charge >= 0.3 is 0 Å². The van der Waals surface area contributed by atoms with Crippen LogP contribution in [0.3, 0.4) is 0 Å². The molecule has 0 aromatic heterocycles. The maximum atomic E-state index is 11.4. The van der Waals surface area contributed by atoms with Gasteiger partial charge in [0.15, 0.2) is 0 Å². The average Bonchev–Trinajstić information content (AvgIpc) is 2.49. The maximum Gasteiger partial charge on any atom is 0.238 e. The van der Waals surface area contributed by atoms with E-state index in [1.807, 2.05) is 12.1 Å². The van der Waals surface area contributed by atoms with Crippen LogP contribution in [0, 0.1) is 0 Å². The highest BCUT2D eigenvalue weighted by molar-refractivity contribution is 8.04. The fourth-order valence-electron chi connectivity index (χ4n) is 1.45. The molecular formula is C11H11NO2S. The molecule has 1 amide bonds. The zero-order chi connectivity index (χ0) is 10.8. The Kier molecular flexibility index (Phi) is 2.68. The molecule has 1 saturated heterocycles. The molecule has 0 spiro atoms. The number of benzene rings is 1. The van der Waals surface area contributed by atoms with Crippen LogP contribution in [0.25, 0.3) is 0 Å². The molecule has 1 heterocycles. The van der Waals surface area contributed by atoms with Crippen LogP contribution < -0.4 is 5.32 Å². The van der Waals surface area contributed by atoms with E-state index in [2.05, 4.69) is 11.9 Å². The Bertz CT molecular complexity index is 400. The summed E-state index contributed by atoms with van der Waals surface area (Å²) >= 11 is 1.46. The van der Waals surface area contributed by atoms with Crippen molar-refractivity contribution in [1.29, 1.82) is 0 Å². The third-order valence-electron chi connectivity index (χ3n) is 2.20. The first kappa shape index (κ1) is 10.1. The molecule has 3 nitrogen and oxygen atoms in total. The van der Waals surface area contributed by atoms with Crippen LogP contribution in [0.15, 0.2) is 35.9 Å². The molecule has 15 heavy (non-hydrogen) atoms. The average molecular weight is 221 g/mol. The quantitative estimate of drug-likeness (QED) is 0.798. The first-order valence-electron chi connectivity index (χ1n) is 4.59. The SMILES string of the molecule is C=C1NC(=O)C(Cc2ccc(O)cc2)S1. The minimum Gasteiger partial charge on any atom is -0.508 e. The molecule has 1 fully saturated rings. The van der Waals surface area contributed by atoms with Crippen molar-refractivity contribution in [2.24, 2.45) is 0 Å². The number of phenols is 1. The Balaban J connectivity index is 2.06. The standard InChI is InChI=1S/C11H11NO2S/c1-7-12-11(14)10(15-7)6-8-2-4-9(13)5-3-8/h2-5,10,13H,1,6H2,(H,12,14). The van der Waals surface area contributed by atoms with Gasteiger partial charge in [-0.05, 0) is 24.1 Å². The van der Waals surface area contributed by atoms with Crippen molar-refractivity contribution in [1.82, 2.24) is 5.32 Å². The topological polar surface area (TPSA) is 49.3 Å². The molecule has 1 aliphatic heterocycles. The third-order valence-corrected chi connectivity index (χ3v) is 3.25. The van der Waals surface area contributed by atoms with E-state index in [0.29, 0.717) is 11.4 Å². The normalized spacial score (nSPS) is 20.4. The van der Waals surface area contributed by atoms with E-state index in [-0.39, 0.29) is 16.9 Å². The molecule has 78 valence electrons. The summed E-state index contributed by atoms with van der Waals surface area (Å²) in [5.74, 6) is 0.254. The molecule has 1 aromatic rings. The van der Waals surface area contributed by atoms with Gasteiger partial charge < -0.3 is 10.4 Å². The predicted molar refractivity (Wildman–Crippen MR) is 60.5 cm³/mol. The highest BCUT2D eigenvalue weighted by Crippen LogP contribution is 2.28. The second kappa shape index (κ2) is 3.98. The van der Waals surface area contributed by atoms with Crippen molar-refractivity contribution in [3.8, 4) is 5.75 Å². The van der Waals surface area contributed by atoms with Gasteiger partial charge in [0.05, 0.1) is 10.3 Å². The molecule has 1 unspecified atom stereocenters. The van der Waals surface area contributed by atoms with Crippen LogP contribution >= 0.6 is 11.8 Å². The molecule has 0 bridgehead atoms. The van der Waals surface area contributed by atoms with Gasteiger partial charge in [-0.3, -0.25) is 4.79 Å². The Hall–Kier alpha value is -1.42. The number of hydrogen-bond donors (Lipinski definition) is 2. The number of phenolic OH excluding ortho intramolecular Hbond substituents is 1. The Morgan fingerprint density at radius 3 is 2.60 bits per heavy atom. The molecule has 0 saturated carbocycles. The second-order valence-corrected chi connectivity index (χ2v) is 4.69. The van der Waals surface area contributed by atoms with E-state index in [4.69, 9.17) is 5.11 Å². The summed E-state index contributed by atoms with van der Waals surface area (Å²) in [4.78, 5) is 11.4. The van der Waals surface area contributed by atoms with Gasteiger partial charge in [-0.25, -0.2) is 0 Å². The Morgan fingerprint density at radius 1 is 1.40 bits per heavy atom. The lowest BCUT2D eigenvalue weighted by Crippen LogP contribution is -2.23. The summed E-state index contributed by atoms with van der Waals surface area (Å²) in [6.45, 7) is 3.70. The molecule has 4 heteroatoms. The number of nitrogens with one attached hydrogen (secondary N) is 1. The van der Waals surface area contributed by atoms with Gasteiger partial charge in [-0.1, -0.05) is 30.5 Å². The maximum absolute atomic E-state index is 11.4. The summed E-state index contributed by atoms with van der Waals surface area (Å²) in [6.07, 6.45) is 0.662. The van der Waals surface area contributed by atoms with E-state index < -0.39 is 0 Å². The van der Waals surface area contributed by atoms with Crippen molar-refractivity contribution >= 4 is 17.7 Å². The summed E-state index contributed by atoms with van der Waals surface area (Å²) < 4.78 is 0. The summed E-state index contributed by atoms with van der Waals surface area (Å²) in [5, 5.41) is 12.4. The van der Waals surface area contributed by atoms with Crippen molar-refractivity contribution in [3.05, 3.63) is 41.4 Å². The van der Waals surface area contributed by atoms with Crippen molar-refractivity contribution < 1.29 is 9.90 Å². The summed E-state index contributed by atoms with van der Waals surface area (Å²) in [6, 6.07) is 6.90. The van der Waals surface area contributed by atoms with E-state index in [0.717, 1.165) is 5.56 Å². The highest BCUT2D eigenvalue weighted by atomic mass is 32.2. The third kappa shape index (κ3) is 2.33. The fraction of sp³-hybridized carbons (Fsp3) is 0.182. The van der Waals surface area contributed by atoms with Crippen LogP contribution in [-0.2, 0) is 11.2 Å². The first-order valence-corrected chi connectivity index (χ1v) is 5.47. The zero-order valence-corrected chi connectivity index (χ0v) is 8.88. The molecule has 2 rings (SSSR count). The van der Waals surface area contributed by atoms with Crippen LogP contribution in [0.4, 0.5) is 0 Å². The monoisotopic (exact) mass is 221 g/mol. The Labute approximate surface area is 92.2 Å². The summed E-state index contributed by atoms with van der Waals surface area (Å²) in [5.41, 5.74) is 1.04. The van der Waals surface area contributed by atoms with Gasteiger partial charge in [0.1, 0.15) is 5.75 Å². The lowest BCUT2D eigenvalue weighted by atomic mass is 10.1. The van der Waals surface area contributed by atoms with E-state index >= 15 is 0 Å². The van der Waals surface area contributed by atoms with E-state index in [1.165, 1.54) is 11.8 Å². The molecule has 1 aliphatic rings. The number of amides is 1. The van der Waals surface area contributed by atoms with Crippen LogP contribution in [0.2, 0.25) is 0 Å². The second-order valence-electron chi connectivity index (χ2n) is 3.39. The largest absolute Gasteiger partial charge is 0.508 e. The van der Waals surface area contributed by atoms with E-state index in [1.54, 1.807) is 12.1 Å². The zero-order valence-electron chi connectivity index (χ0n) is 8.06. The molecule has 2 N–H and O–H groups in total. The molecule has 0 aliphatic carbocycles. The number of aromatic hydroxyl groups is 1. The van der Waals surface area contributed by atoms with Crippen molar-refractivity contribution in [3.63, 3.8) is 0 Å². The van der Waals surface area contributed by atoms with Crippen LogP contribution in [0.1, 0.15) is 5.56 Å². The molecular weight excluding hydrogens is 210 g/mol. The highest BCUT2D eigenvalue weighted by Gasteiger charge is 2.27. The summed E-state index contributed by atoms with van der Waals surface area (Å²) in [7, 11) is 0. The number of rotatable bonds is 2. The number of carbonyl (C=O) groups excluding carboxylic acids is 1. The fourth-order valence-corrected chi connectivity index (χ4v) is 2.40. The Morgan fingerprint density at radius 2 is 2.07 bits per heavy atom. The number of carbonyl (C=O) groups is 1. The molecule has 0 radical (unpaired) electrons.